The minimum absolute atomic E-state index is 0.0101. The van der Waals surface area contributed by atoms with Crippen molar-refractivity contribution in [1.29, 1.82) is 0 Å². The fraction of sp³-hybridized carbons (Fsp3) is 0.700. The lowest BCUT2D eigenvalue weighted by atomic mass is 9.61. The summed E-state index contributed by atoms with van der Waals surface area (Å²) in [6.45, 7) is 16.5. The van der Waals surface area contributed by atoms with E-state index in [1.807, 2.05) is 13.8 Å². The van der Waals surface area contributed by atoms with Crippen molar-refractivity contribution in [3.8, 4) is 0 Å². The predicted octanol–water partition coefficient (Wildman–Crippen LogP) is 7.33. The lowest BCUT2D eigenvalue weighted by molar-refractivity contribution is -0.146. The van der Waals surface area contributed by atoms with Crippen LogP contribution in [0.15, 0.2) is 47.6 Å². The van der Waals surface area contributed by atoms with Crippen molar-refractivity contribution in [2.24, 2.45) is 29.1 Å². The third-order valence-corrected chi connectivity index (χ3v) is 8.99. The van der Waals surface area contributed by atoms with E-state index in [-0.39, 0.29) is 18.0 Å². The predicted molar refractivity (Wildman–Crippen MR) is 137 cm³/mol. The summed E-state index contributed by atoms with van der Waals surface area (Å²) in [5, 5.41) is 10.3. The molecule has 0 aliphatic heterocycles. The van der Waals surface area contributed by atoms with Gasteiger partial charge in [-0.1, -0.05) is 62.8 Å². The summed E-state index contributed by atoms with van der Waals surface area (Å²) in [5.41, 5.74) is 3.71. The second-order valence-corrected chi connectivity index (χ2v) is 11.8. The van der Waals surface area contributed by atoms with Crippen molar-refractivity contribution in [1.82, 2.24) is 0 Å². The number of esters is 1. The molecular formula is C30H46O3. The van der Waals surface area contributed by atoms with Gasteiger partial charge in [-0.3, -0.25) is 4.79 Å². The summed E-state index contributed by atoms with van der Waals surface area (Å²) >= 11 is 0. The van der Waals surface area contributed by atoms with E-state index in [4.69, 9.17) is 4.74 Å². The molecule has 3 saturated carbocycles. The number of allylic oxidation sites excluding steroid dienone is 5. The fourth-order valence-corrected chi connectivity index (χ4v) is 6.57. The Bertz CT molecular complexity index is 824. The van der Waals surface area contributed by atoms with Crippen LogP contribution < -0.4 is 0 Å². The van der Waals surface area contributed by atoms with E-state index in [0.29, 0.717) is 23.2 Å². The molecule has 0 aromatic carbocycles. The third-order valence-electron chi connectivity index (χ3n) is 8.99. The zero-order valence-electron chi connectivity index (χ0n) is 21.8. The number of ether oxygens (including phenoxy) is 1. The van der Waals surface area contributed by atoms with Gasteiger partial charge in [0, 0.05) is 19.3 Å². The molecule has 0 radical (unpaired) electrons. The molecule has 3 heteroatoms. The number of hydrogen-bond donors (Lipinski definition) is 1. The fourth-order valence-electron chi connectivity index (χ4n) is 6.57. The first-order chi connectivity index (χ1) is 15.4. The van der Waals surface area contributed by atoms with Gasteiger partial charge < -0.3 is 9.84 Å². The lowest BCUT2D eigenvalue weighted by Crippen LogP contribution is -2.35. The van der Waals surface area contributed by atoms with Crippen molar-refractivity contribution in [2.75, 3.05) is 0 Å². The molecule has 3 aliphatic carbocycles. The van der Waals surface area contributed by atoms with Crippen molar-refractivity contribution < 1.29 is 14.6 Å². The molecule has 0 heterocycles. The Balaban J connectivity index is 1.74. The highest BCUT2D eigenvalue weighted by Gasteiger charge is 2.50. The molecule has 0 saturated heterocycles. The molecule has 0 amide bonds. The minimum Gasteiger partial charge on any atom is -0.462 e. The molecule has 3 fully saturated rings. The number of carbonyl (C=O) groups excluding carboxylic acids is 1. The van der Waals surface area contributed by atoms with Crippen LogP contribution in [0.3, 0.4) is 0 Å². The first kappa shape index (κ1) is 26.0. The molecule has 0 unspecified atom stereocenters. The summed E-state index contributed by atoms with van der Waals surface area (Å²) in [6.07, 6.45) is 18.1. The van der Waals surface area contributed by atoms with Crippen LogP contribution in [-0.2, 0) is 9.53 Å². The number of fused-ring (bicyclic) bond motifs is 1. The van der Waals surface area contributed by atoms with E-state index >= 15 is 0 Å². The molecule has 0 bridgehead atoms. The Labute approximate surface area is 202 Å². The summed E-state index contributed by atoms with van der Waals surface area (Å²) in [4.78, 5) is 11.4. The second-order valence-electron chi connectivity index (χ2n) is 11.8. The number of carbonyl (C=O) groups is 1. The van der Waals surface area contributed by atoms with Crippen LogP contribution in [-0.4, -0.2) is 22.8 Å². The van der Waals surface area contributed by atoms with Crippen LogP contribution in [0.1, 0.15) is 92.9 Å². The summed E-state index contributed by atoms with van der Waals surface area (Å²) in [5.74, 6) is 1.81. The molecule has 184 valence electrons. The monoisotopic (exact) mass is 454 g/mol. The summed E-state index contributed by atoms with van der Waals surface area (Å²) in [6, 6.07) is 0. The van der Waals surface area contributed by atoms with Crippen molar-refractivity contribution in [2.45, 2.75) is 105 Å². The highest BCUT2D eigenvalue weighted by atomic mass is 16.5. The lowest BCUT2D eigenvalue weighted by Gasteiger charge is -2.44. The van der Waals surface area contributed by atoms with Crippen LogP contribution >= 0.6 is 0 Å². The smallest absolute Gasteiger partial charge is 0.302 e. The standard InChI is InChI=1S/C30H46O3/c1-20-11-15-26(33-23(4)31)19-25(20)14-13-24-9-8-18-30(7)27(16-17-28(24)30)21(2)10-12-22(3)29(5,6)32/h10,12-14,21-22,26-28,32H,1,8-9,11,15-19H2,2-7H3/b12-10+,24-13+,25-14-/t21-,22+,26+,27-,28+,30-/m1/s1. The van der Waals surface area contributed by atoms with E-state index in [1.165, 1.54) is 50.2 Å². The van der Waals surface area contributed by atoms with Crippen LogP contribution in [0, 0.1) is 29.1 Å². The molecule has 3 aliphatic rings. The van der Waals surface area contributed by atoms with E-state index in [0.717, 1.165) is 19.3 Å². The van der Waals surface area contributed by atoms with Gasteiger partial charge in [0.25, 0.3) is 0 Å². The van der Waals surface area contributed by atoms with Crippen molar-refractivity contribution in [3.05, 3.63) is 47.6 Å². The quantitative estimate of drug-likeness (QED) is 0.338. The number of hydrogen-bond acceptors (Lipinski definition) is 3. The zero-order valence-corrected chi connectivity index (χ0v) is 21.8. The molecule has 3 nitrogen and oxygen atoms in total. The van der Waals surface area contributed by atoms with Gasteiger partial charge in [0.1, 0.15) is 6.10 Å². The van der Waals surface area contributed by atoms with E-state index in [1.54, 1.807) is 5.57 Å². The normalized spacial score (nSPS) is 35.1. The topological polar surface area (TPSA) is 46.5 Å². The molecule has 33 heavy (non-hydrogen) atoms. The van der Waals surface area contributed by atoms with Gasteiger partial charge in [0.05, 0.1) is 5.60 Å². The van der Waals surface area contributed by atoms with Crippen molar-refractivity contribution >= 4 is 5.97 Å². The molecule has 0 spiro atoms. The van der Waals surface area contributed by atoms with Crippen LogP contribution in [0.2, 0.25) is 0 Å². The average molecular weight is 455 g/mol. The molecular weight excluding hydrogens is 408 g/mol. The SMILES string of the molecule is C=C1CC[C@H](OC(C)=O)C/C1=C/C=C1\CCC[C@]2(C)[C@@H]([C@H](C)/C=C/[C@H](C)C(C)(C)O)CC[C@@H]12. The number of rotatable bonds is 6. The van der Waals surface area contributed by atoms with Gasteiger partial charge in [0.15, 0.2) is 0 Å². The third kappa shape index (κ3) is 6.10. The van der Waals surface area contributed by atoms with E-state index in [9.17, 15) is 9.90 Å². The van der Waals surface area contributed by atoms with Gasteiger partial charge in [-0.05, 0) is 87.5 Å². The van der Waals surface area contributed by atoms with Gasteiger partial charge in [-0.15, -0.1) is 0 Å². The molecule has 1 N–H and O–H groups in total. The highest BCUT2D eigenvalue weighted by molar-refractivity contribution is 5.66. The first-order valence-corrected chi connectivity index (χ1v) is 13.1. The van der Waals surface area contributed by atoms with Crippen molar-refractivity contribution in [3.63, 3.8) is 0 Å². The second kappa shape index (κ2) is 10.3. The number of aliphatic hydroxyl groups is 1. The Morgan fingerprint density at radius 1 is 1.18 bits per heavy atom. The highest BCUT2D eigenvalue weighted by Crippen LogP contribution is 2.59. The van der Waals surface area contributed by atoms with E-state index < -0.39 is 5.60 Å². The maximum atomic E-state index is 11.4. The maximum absolute atomic E-state index is 11.4. The van der Waals surface area contributed by atoms with Gasteiger partial charge in [-0.2, -0.15) is 0 Å². The Kier molecular flexibility index (Phi) is 8.15. The van der Waals surface area contributed by atoms with Gasteiger partial charge >= 0.3 is 5.97 Å². The molecule has 6 atom stereocenters. The van der Waals surface area contributed by atoms with Crippen LogP contribution in [0.5, 0.6) is 0 Å². The molecule has 0 aromatic rings. The largest absolute Gasteiger partial charge is 0.462 e. The first-order valence-electron chi connectivity index (χ1n) is 13.1. The maximum Gasteiger partial charge on any atom is 0.302 e. The average Bonchev–Trinajstić information content (AvgIpc) is 3.08. The molecule has 0 aromatic heterocycles. The van der Waals surface area contributed by atoms with E-state index in [2.05, 4.69) is 51.7 Å². The van der Waals surface area contributed by atoms with Crippen LogP contribution in [0.4, 0.5) is 0 Å². The Hall–Kier alpha value is -1.61. The Morgan fingerprint density at radius 2 is 1.91 bits per heavy atom. The van der Waals surface area contributed by atoms with Gasteiger partial charge in [0.2, 0.25) is 0 Å². The summed E-state index contributed by atoms with van der Waals surface area (Å²) in [7, 11) is 0. The summed E-state index contributed by atoms with van der Waals surface area (Å²) < 4.78 is 5.48. The minimum atomic E-state index is -0.676. The zero-order chi connectivity index (χ0) is 24.4. The Morgan fingerprint density at radius 3 is 2.58 bits per heavy atom. The van der Waals surface area contributed by atoms with Gasteiger partial charge in [-0.25, -0.2) is 0 Å². The molecule has 3 rings (SSSR count). The van der Waals surface area contributed by atoms with Crippen LogP contribution in [0.25, 0.3) is 0 Å².